The van der Waals surface area contributed by atoms with Gasteiger partial charge in [0.1, 0.15) is 0 Å². The van der Waals surface area contributed by atoms with Crippen molar-refractivity contribution in [3.63, 3.8) is 0 Å². The number of carbonyl (C=O) groups excluding carboxylic acids is 2. The van der Waals surface area contributed by atoms with Crippen molar-refractivity contribution in [3.8, 4) is 0 Å². The van der Waals surface area contributed by atoms with E-state index in [1.165, 1.54) is 13.1 Å². The molecular weight excluding hydrogens is 362 g/mol. The lowest BCUT2D eigenvalue weighted by molar-refractivity contribution is -0.156. The number of hydrogen-bond donors (Lipinski definition) is 1. The summed E-state index contributed by atoms with van der Waals surface area (Å²) in [5.41, 5.74) is 7.20. The van der Waals surface area contributed by atoms with Crippen LogP contribution in [0.25, 0.3) is 10.4 Å². The summed E-state index contributed by atoms with van der Waals surface area (Å²) in [6.07, 6.45) is -1.93. The van der Waals surface area contributed by atoms with Gasteiger partial charge < -0.3 is 14.2 Å². The smallest absolute Gasteiger partial charge is 0.330 e. The largest absolute Gasteiger partial charge is 0.466 e. The Bertz CT molecular complexity index is 857. The number of nitrogens with zero attached hydrogens (tertiary/aromatic N) is 4. The summed E-state index contributed by atoms with van der Waals surface area (Å²) in [7, 11) is 0. The van der Waals surface area contributed by atoms with E-state index in [4.69, 9.17) is 19.7 Å². The number of azide groups is 1. The molecule has 1 N–H and O–H groups in total. The van der Waals surface area contributed by atoms with E-state index in [1.807, 2.05) is 0 Å². The molecule has 0 amide bonds. The minimum atomic E-state index is -1.11. The quantitative estimate of drug-likeness (QED) is 0.306. The second kappa shape index (κ2) is 9.01. The van der Waals surface area contributed by atoms with Gasteiger partial charge in [0, 0.05) is 30.0 Å². The van der Waals surface area contributed by atoms with Gasteiger partial charge in [0.15, 0.2) is 12.3 Å². The number of carbonyl (C=O) groups is 2. The van der Waals surface area contributed by atoms with Crippen molar-refractivity contribution < 1.29 is 23.8 Å². The molecule has 0 unspecified atom stereocenters. The van der Waals surface area contributed by atoms with Crippen LogP contribution in [0.15, 0.2) is 27.0 Å². The van der Waals surface area contributed by atoms with Crippen molar-refractivity contribution in [2.75, 3.05) is 13.2 Å². The van der Waals surface area contributed by atoms with Gasteiger partial charge in [0.2, 0.25) is 0 Å². The van der Waals surface area contributed by atoms with Gasteiger partial charge >= 0.3 is 17.6 Å². The number of aromatic amines is 1. The number of aromatic nitrogens is 2. The Balaban J connectivity index is 2.43. The standard InChI is InChI=1S/C15H19N5O7/c1-3-25-12(23)6-9-10(7-17-19-16)27-14(13(9)26-8(2)21)20-5-4-11(22)18-15(20)24/h4-5,9-10,13-14H,3,6-7H2,1-2H3,(H,18,22,24)/t9-,10-,13-,14-/m1/s1. The lowest BCUT2D eigenvalue weighted by Crippen LogP contribution is -2.38. The van der Waals surface area contributed by atoms with Crippen molar-refractivity contribution in [2.45, 2.75) is 38.7 Å². The monoisotopic (exact) mass is 381 g/mol. The highest BCUT2D eigenvalue weighted by Crippen LogP contribution is 2.38. The highest BCUT2D eigenvalue weighted by atomic mass is 16.6. The molecule has 146 valence electrons. The third-order valence-electron chi connectivity index (χ3n) is 3.95. The first-order valence-corrected chi connectivity index (χ1v) is 8.18. The van der Waals surface area contributed by atoms with Crippen LogP contribution in [0.3, 0.4) is 0 Å². The summed E-state index contributed by atoms with van der Waals surface area (Å²) in [5.74, 6) is -1.92. The Hall–Kier alpha value is -3.11. The third kappa shape index (κ3) is 4.96. The molecule has 0 aliphatic carbocycles. The first kappa shape index (κ1) is 20.2. The molecule has 1 aromatic rings. The molecule has 12 heteroatoms. The maximum atomic E-state index is 12.1. The molecule has 0 aromatic carbocycles. The Labute approximate surface area is 152 Å². The zero-order valence-electron chi connectivity index (χ0n) is 14.7. The van der Waals surface area contributed by atoms with E-state index in [9.17, 15) is 19.2 Å². The van der Waals surface area contributed by atoms with Crippen LogP contribution in [0.2, 0.25) is 0 Å². The van der Waals surface area contributed by atoms with Crippen molar-refractivity contribution in [1.82, 2.24) is 9.55 Å². The Kier molecular flexibility index (Phi) is 6.74. The molecular formula is C15H19N5O7. The van der Waals surface area contributed by atoms with Gasteiger partial charge in [-0.1, -0.05) is 5.11 Å². The molecule has 4 atom stereocenters. The minimum Gasteiger partial charge on any atom is -0.466 e. The number of rotatable bonds is 7. The van der Waals surface area contributed by atoms with Crippen LogP contribution < -0.4 is 11.2 Å². The van der Waals surface area contributed by atoms with Gasteiger partial charge in [-0.15, -0.1) is 0 Å². The average Bonchev–Trinajstić information content (AvgIpc) is 2.90. The number of nitrogens with one attached hydrogen (secondary N) is 1. The van der Waals surface area contributed by atoms with Gasteiger partial charge in [0.25, 0.3) is 5.56 Å². The van der Waals surface area contributed by atoms with E-state index in [0.29, 0.717) is 0 Å². The number of H-pyrrole nitrogens is 1. The number of hydrogen-bond acceptors (Lipinski definition) is 8. The lowest BCUT2D eigenvalue weighted by atomic mass is 9.94. The van der Waals surface area contributed by atoms with Crippen molar-refractivity contribution in [2.24, 2.45) is 11.0 Å². The molecule has 1 fully saturated rings. The maximum Gasteiger partial charge on any atom is 0.330 e. The predicted molar refractivity (Wildman–Crippen MR) is 89.5 cm³/mol. The summed E-state index contributed by atoms with van der Waals surface area (Å²) >= 11 is 0. The fraction of sp³-hybridized carbons (Fsp3) is 0.600. The van der Waals surface area contributed by atoms with Gasteiger partial charge in [-0.25, -0.2) is 4.79 Å². The van der Waals surface area contributed by atoms with Gasteiger partial charge in [0.05, 0.1) is 25.7 Å². The van der Waals surface area contributed by atoms with Crippen LogP contribution in [0.1, 0.15) is 26.5 Å². The van der Waals surface area contributed by atoms with Crippen molar-refractivity contribution in [1.29, 1.82) is 0 Å². The SMILES string of the molecule is CCOC(=O)C[C@H]1[C@@H](OC(C)=O)[C@H](n2ccc(=O)[nH]c2=O)O[C@@H]1CN=[N+]=[N-]. The zero-order valence-corrected chi connectivity index (χ0v) is 14.7. The summed E-state index contributed by atoms with van der Waals surface area (Å²) in [6.45, 7) is 2.84. The maximum absolute atomic E-state index is 12.1. The Morgan fingerprint density at radius 1 is 1.44 bits per heavy atom. The normalized spacial score (nSPS) is 24.1. The van der Waals surface area contributed by atoms with Crippen LogP contribution >= 0.6 is 0 Å². The molecule has 12 nitrogen and oxygen atoms in total. The predicted octanol–water partition coefficient (Wildman–Crippen LogP) is 0.245. The van der Waals surface area contributed by atoms with Gasteiger partial charge in [-0.2, -0.15) is 0 Å². The molecule has 0 radical (unpaired) electrons. The molecule has 1 saturated heterocycles. The van der Waals surface area contributed by atoms with E-state index < -0.39 is 47.5 Å². The van der Waals surface area contributed by atoms with E-state index in [1.54, 1.807) is 6.92 Å². The summed E-state index contributed by atoms with van der Waals surface area (Å²) in [6, 6.07) is 1.11. The molecule has 2 heterocycles. The summed E-state index contributed by atoms with van der Waals surface area (Å²) < 4.78 is 17.1. The molecule has 1 aromatic heterocycles. The molecule has 1 aliphatic heterocycles. The van der Waals surface area contributed by atoms with Crippen LogP contribution in [0, 0.1) is 5.92 Å². The highest BCUT2D eigenvalue weighted by molar-refractivity contribution is 5.70. The number of esters is 2. The van der Waals surface area contributed by atoms with Gasteiger partial charge in [-0.3, -0.25) is 23.9 Å². The number of ether oxygens (including phenoxy) is 3. The molecule has 0 spiro atoms. The minimum absolute atomic E-state index is 0.146. The molecule has 2 rings (SSSR count). The Morgan fingerprint density at radius 2 is 2.19 bits per heavy atom. The van der Waals surface area contributed by atoms with E-state index in [-0.39, 0.29) is 19.6 Å². The molecule has 1 aliphatic rings. The third-order valence-corrected chi connectivity index (χ3v) is 3.95. The van der Waals surface area contributed by atoms with Crippen LogP contribution in [-0.4, -0.2) is 46.8 Å². The van der Waals surface area contributed by atoms with E-state index in [2.05, 4.69) is 15.0 Å². The molecule has 27 heavy (non-hydrogen) atoms. The lowest BCUT2D eigenvalue weighted by Gasteiger charge is -2.23. The summed E-state index contributed by atoms with van der Waals surface area (Å²) in [4.78, 5) is 51.7. The van der Waals surface area contributed by atoms with Crippen molar-refractivity contribution >= 4 is 11.9 Å². The first-order valence-electron chi connectivity index (χ1n) is 8.18. The summed E-state index contributed by atoms with van der Waals surface area (Å²) in [5, 5.41) is 3.45. The van der Waals surface area contributed by atoms with Crippen LogP contribution in [0.5, 0.6) is 0 Å². The highest BCUT2D eigenvalue weighted by Gasteiger charge is 2.48. The molecule has 0 saturated carbocycles. The molecule has 0 bridgehead atoms. The van der Waals surface area contributed by atoms with Crippen LogP contribution in [0.4, 0.5) is 0 Å². The fourth-order valence-electron chi connectivity index (χ4n) is 2.92. The fourth-order valence-corrected chi connectivity index (χ4v) is 2.92. The van der Waals surface area contributed by atoms with Crippen LogP contribution in [-0.2, 0) is 23.8 Å². The van der Waals surface area contributed by atoms with Gasteiger partial charge in [-0.05, 0) is 12.5 Å². The topological polar surface area (TPSA) is 165 Å². The second-order valence-electron chi connectivity index (χ2n) is 5.74. The zero-order chi connectivity index (χ0) is 20.0. The Morgan fingerprint density at radius 3 is 2.78 bits per heavy atom. The first-order chi connectivity index (χ1) is 12.9. The van der Waals surface area contributed by atoms with Crippen molar-refractivity contribution in [3.05, 3.63) is 43.5 Å². The van der Waals surface area contributed by atoms with E-state index in [0.717, 1.165) is 10.6 Å². The second-order valence-corrected chi connectivity index (χ2v) is 5.74. The average molecular weight is 381 g/mol. The van der Waals surface area contributed by atoms with E-state index >= 15 is 0 Å².